The maximum Gasteiger partial charge on any atom is 0.330 e. The Morgan fingerprint density at radius 1 is 1.27 bits per heavy atom. The van der Waals surface area contributed by atoms with Gasteiger partial charge in [0.2, 0.25) is 0 Å². The van der Waals surface area contributed by atoms with Crippen LogP contribution in [0.3, 0.4) is 0 Å². The highest BCUT2D eigenvalue weighted by Gasteiger charge is 2.17. The molecule has 0 atom stereocenters. The van der Waals surface area contributed by atoms with Gasteiger partial charge >= 0.3 is 11.9 Å². The molecule has 1 heterocycles. The fraction of sp³-hybridized carbons (Fsp3) is 0.600. The molecule has 0 amide bonds. The highest BCUT2D eigenvalue weighted by Crippen LogP contribution is 2.03. The number of carbonyl (C=O) groups is 2. The molecule has 0 N–H and O–H groups in total. The summed E-state index contributed by atoms with van der Waals surface area (Å²) in [6, 6.07) is 0. The van der Waals surface area contributed by atoms with Crippen molar-refractivity contribution in [2.75, 3.05) is 32.8 Å². The molecule has 1 rings (SSSR count). The summed E-state index contributed by atoms with van der Waals surface area (Å²) in [4.78, 5) is 23.8. The molecule has 0 aliphatic carbocycles. The Labute approximate surface area is 88.6 Å². The second-order valence-corrected chi connectivity index (χ2v) is 3.18. The van der Waals surface area contributed by atoms with Gasteiger partial charge in [-0.1, -0.05) is 6.58 Å². The summed E-state index contributed by atoms with van der Waals surface area (Å²) in [5, 5.41) is 0. The van der Waals surface area contributed by atoms with E-state index in [0.717, 1.165) is 25.7 Å². The topological polar surface area (TPSA) is 55.6 Å². The van der Waals surface area contributed by atoms with Crippen molar-refractivity contribution in [3.05, 3.63) is 12.7 Å². The second kappa shape index (κ2) is 6.19. The predicted molar refractivity (Wildman–Crippen MR) is 53.2 cm³/mol. The second-order valence-electron chi connectivity index (χ2n) is 3.18. The molecule has 1 fully saturated rings. The van der Waals surface area contributed by atoms with Gasteiger partial charge in [-0.3, -0.25) is 4.79 Å². The van der Waals surface area contributed by atoms with E-state index < -0.39 is 5.97 Å². The quantitative estimate of drug-likeness (QED) is 0.257. The van der Waals surface area contributed by atoms with Crippen LogP contribution in [0.5, 0.6) is 0 Å². The molecule has 5 heteroatoms. The minimum absolute atomic E-state index is 0.0836. The standard InChI is InChI=1S/C10H15NO4/c1-2-9(12)14-7-8-15-10(13)3-4-11-5-6-11/h2H,1,3-8H2. The molecule has 15 heavy (non-hydrogen) atoms. The lowest BCUT2D eigenvalue weighted by Crippen LogP contribution is -2.15. The molecule has 0 aromatic rings. The van der Waals surface area contributed by atoms with Gasteiger partial charge in [-0.05, 0) is 0 Å². The third kappa shape index (κ3) is 5.85. The summed E-state index contributed by atoms with van der Waals surface area (Å²) < 4.78 is 9.47. The zero-order valence-corrected chi connectivity index (χ0v) is 8.61. The highest BCUT2D eigenvalue weighted by atomic mass is 16.6. The minimum atomic E-state index is -0.504. The maximum absolute atomic E-state index is 11.1. The summed E-state index contributed by atoms with van der Waals surface area (Å²) in [6.45, 7) is 6.34. The van der Waals surface area contributed by atoms with E-state index in [9.17, 15) is 9.59 Å². The molecule has 1 aliphatic heterocycles. The van der Waals surface area contributed by atoms with Gasteiger partial charge in [-0.15, -0.1) is 0 Å². The van der Waals surface area contributed by atoms with Gasteiger partial charge in [-0.2, -0.15) is 0 Å². The van der Waals surface area contributed by atoms with Crippen molar-refractivity contribution in [1.29, 1.82) is 0 Å². The third-order valence-corrected chi connectivity index (χ3v) is 1.93. The summed E-state index contributed by atoms with van der Waals surface area (Å²) in [5.41, 5.74) is 0. The molecule has 1 aliphatic rings. The van der Waals surface area contributed by atoms with E-state index in [4.69, 9.17) is 4.74 Å². The number of carbonyl (C=O) groups excluding carboxylic acids is 2. The molecule has 0 bridgehead atoms. The van der Waals surface area contributed by atoms with Crippen LogP contribution < -0.4 is 0 Å². The number of hydrogen-bond donors (Lipinski definition) is 0. The van der Waals surface area contributed by atoms with E-state index in [1.54, 1.807) is 0 Å². The van der Waals surface area contributed by atoms with Crippen LogP contribution in [-0.4, -0.2) is 49.7 Å². The first-order valence-electron chi connectivity index (χ1n) is 4.89. The molecule has 0 aromatic heterocycles. The van der Waals surface area contributed by atoms with Gasteiger partial charge in [-0.25, -0.2) is 4.79 Å². The molecule has 0 saturated carbocycles. The van der Waals surface area contributed by atoms with Crippen LogP contribution in [0.2, 0.25) is 0 Å². The Hall–Kier alpha value is -1.36. The molecule has 0 spiro atoms. The Balaban J connectivity index is 1.91. The Bertz CT molecular complexity index is 248. The van der Waals surface area contributed by atoms with Crippen LogP contribution in [0.15, 0.2) is 12.7 Å². The average Bonchev–Trinajstić information content (AvgIpc) is 3.04. The molecule has 84 valence electrons. The summed E-state index contributed by atoms with van der Waals surface area (Å²) in [5.74, 6) is -0.758. The Kier molecular flexibility index (Phi) is 4.83. The van der Waals surface area contributed by atoms with Crippen LogP contribution in [0, 0.1) is 0 Å². The Morgan fingerprint density at radius 2 is 1.93 bits per heavy atom. The van der Waals surface area contributed by atoms with E-state index in [1.165, 1.54) is 0 Å². The van der Waals surface area contributed by atoms with Crippen LogP contribution in [-0.2, 0) is 19.1 Å². The molecule has 1 saturated heterocycles. The first kappa shape index (κ1) is 11.7. The van der Waals surface area contributed by atoms with Gasteiger partial charge < -0.3 is 14.4 Å². The molecule has 5 nitrogen and oxygen atoms in total. The number of ether oxygens (including phenoxy) is 2. The maximum atomic E-state index is 11.1. The van der Waals surface area contributed by atoms with Crippen molar-refractivity contribution in [2.45, 2.75) is 6.42 Å². The van der Waals surface area contributed by atoms with Crippen LogP contribution >= 0.6 is 0 Å². The summed E-state index contributed by atoms with van der Waals surface area (Å²) >= 11 is 0. The lowest BCUT2D eigenvalue weighted by Gasteiger charge is -2.04. The van der Waals surface area contributed by atoms with Gasteiger partial charge in [0.1, 0.15) is 13.2 Å². The normalized spacial score (nSPS) is 14.4. The van der Waals surface area contributed by atoms with Crippen molar-refractivity contribution in [3.8, 4) is 0 Å². The third-order valence-electron chi connectivity index (χ3n) is 1.93. The fourth-order valence-electron chi connectivity index (χ4n) is 0.973. The van der Waals surface area contributed by atoms with Gasteiger partial charge in [0.05, 0.1) is 6.42 Å². The molecular weight excluding hydrogens is 198 g/mol. The summed E-state index contributed by atoms with van der Waals surface area (Å²) in [6.07, 6.45) is 1.47. The monoisotopic (exact) mass is 213 g/mol. The predicted octanol–water partition coefficient (Wildman–Crippen LogP) is -0.0355. The largest absolute Gasteiger partial charge is 0.462 e. The minimum Gasteiger partial charge on any atom is -0.462 e. The highest BCUT2D eigenvalue weighted by molar-refractivity contribution is 5.81. The van der Waals surface area contributed by atoms with Crippen molar-refractivity contribution >= 4 is 11.9 Å². The van der Waals surface area contributed by atoms with E-state index in [-0.39, 0.29) is 19.2 Å². The molecule has 0 radical (unpaired) electrons. The number of nitrogens with zero attached hydrogens (tertiary/aromatic N) is 1. The van der Waals surface area contributed by atoms with Crippen molar-refractivity contribution in [2.24, 2.45) is 0 Å². The zero-order valence-electron chi connectivity index (χ0n) is 8.61. The lowest BCUT2D eigenvalue weighted by atomic mass is 10.4. The smallest absolute Gasteiger partial charge is 0.330 e. The van der Waals surface area contributed by atoms with E-state index in [0.29, 0.717) is 6.42 Å². The van der Waals surface area contributed by atoms with Gasteiger partial charge in [0.15, 0.2) is 0 Å². The lowest BCUT2D eigenvalue weighted by molar-refractivity contribution is -0.149. The first-order valence-corrected chi connectivity index (χ1v) is 4.89. The fourth-order valence-corrected chi connectivity index (χ4v) is 0.973. The van der Waals surface area contributed by atoms with Crippen LogP contribution in [0.25, 0.3) is 0 Å². The molecule has 0 aromatic carbocycles. The average molecular weight is 213 g/mol. The molecular formula is C10H15NO4. The SMILES string of the molecule is C=CC(=O)OCCOC(=O)CCN1CC1. The molecule has 0 unspecified atom stereocenters. The van der Waals surface area contributed by atoms with Crippen LogP contribution in [0.4, 0.5) is 0 Å². The number of esters is 2. The van der Waals surface area contributed by atoms with E-state index in [2.05, 4.69) is 16.2 Å². The Morgan fingerprint density at radius 3 is 2.53 bits per heavy atom. The van der Waals surface area contributed by atoms with E-state index >= 15 is 0 Å². The van der Waals surface area contributed by atoms with E-state index in [1.807, 2.05) is 0 Å². The number of rotatable bonds is 7. The van der Waals surface area contributed by atoms with Crippen molar-refractivity contribution < 1.29 is 19.1 Å². The van der Waals surface area contributed by atoms with Gasteiger partial charge in [0.25, 0.3) is 0 Å². The summed E-state index contributed by atoms with van der Waals surface area (Å²) in [7, 11) is 0. The van der Waals surface area contributed by atoms with Crippen LogP contribution in [0.1, 0.15) is 6.42 Å². The first-order chi connectivity index (χ1) is 7.22. The number of hydrogen-bond acceptors (Lipinski definition) is 5. The van der Waals surface area contributed by atoms with Gasteiger partial charge in [0, 0.05) is 25.7 Å². The van der Waals surface area contributed by atoms with Crippen molar-refractivity contribution in [1.82, 2.24) is 4.90 Å². The van der Waals surface area contributed by atoms with Crippen molar-refractivity contribution in [3.63, 3.8) is 0 Å². The zero-order chi connectivity index (χ0) is 11.1.